The second-order valence-electron chi connectivity index (χ2n) is 4.22. The van der Waals surface area contributed by atoms with E-state index in [0.717, 1.165) is 11.4 Å². The Labute approximate surface area is 117 Å². The molecule has 2 rings (SSSR count). The van der Waals surface area contributed by atoms with Crippen molar-refractivity contribution in [3.63, 3.8) is 0 Å². The summed E-state index contributed by atoms with van der Waals surface area (Å²) in [6, 6.07) is 4.20. The van der Waals surface area contributed by atoms with E-state index >= 15 is 0 Å². The first-order valence-corrected chi connectivity index (χ1v) is 7.53. The third-order valence-corrected chi connectivity index (χ3v) is 4.40. The Kier molecular flexibility index (Phi) is 4.89. The second-order valence-corrected chi connectivity index (χ2v) is 5.85. The van der Waals surface area contributed by atoms with Crippen LogP contribution >= 0.6 is 23.4 Å². The Morgan fingerprint density at radius 3 is 2.44 bits per heavy atom. The normalized spacial score (nSPS) is 16.4. The molecule has 1 saturated heterocycles. The molecular formula is C13H18ClNO2S. The maximum Gasteiger partial charge on any atom is 0.145 e. The van der Waals surface area contributed by atoms with Crippen LogP contribution in [-0.2, 0) is 0 Å². The van der Waals surface area contributed by atoms with Gasteiger partial charge in [-0.05, 0) is 30.4 Å². The molecule has 1 aliphatic heterocycles. The third kappa shape index (κ3) is 3.18. The highest BCUT2D eigenvalue weighted by Crippen LogP contribution is 2.37. The van der Waals surface area contributed by atoms with Gasteiger partial charge in [0.15, 0.2) is 0 Å². The standard InChI is InChI=1S/C13H18ClNO2S/c1-16-12-8-13(17-2)11(7-10(12)14)15-9-3-5-18-6-4-9/h7-9,15H,3-6H2,1-2H3. The van der Waals surface area contributed by atoms with Crippen LogP contribution in [0, 0.1) is 0 Å². The SMILES string of the molecule is COc1cc(OC)c(NC2CCSCC2)cc1Cl. The van der Waals surface area contributed by atoms with Crippen LogP contribution in [0.5, 0.6) is 11.5 Å². The highest BCUT2D eigenvalue weighted by Gasteiger charge is 2.16. The molecular weight excluding hydrogens is 270 g/mol. The Morgan fingerprint density at radius 2 is 1.83 bits per heavy atom. The van der Waals surface area contributed by atoms with E-state index in [2.05, 4.69) is 5.32 Å². The van der Waals surface area contributed by atoms with E-state index in [1.54, 1.807) is 14.2 Å². The van der Waals surface area contributed by atoms with Gasteiger partial charge in [-0.1, -0.05) is 11.6 Å². The van der Waals surface area contributed by atoms with Crippen molar-refractivity contribution in [3.05, 3.63) is 17.2 Å². The first-order valence-electron chi connectivity index (χ1n) is 6.00. The zero-order valence-electron chi connectivity index (χ0n) is 10.7. The molecule has 0 saturated carbocycles. The number of hydrogen-bond donors (Lipinski definition) is 1. The van der Waals surface area contributed by atoms with Gasteiger partial charge in [-0.2, -0.15) is 11.8 Å². The summed E-state index contributed by atoms with van der Waals surface area (Å²) in [4.78, 5) is 0. The number of hydrogen-bond acceptors (Lipinski definition) is 4. The van der Waals surface area contributed by atoms with Crippen molar-refractivity contribution < 1.29 is 9.47 Å². The molecule has 0 atom stereocenters. The van der Waals surface area contributed by atoms with Gasteiger partial charge >= 0.3 is 0 Å². The van der Waals surface area contributed by atoms with Gasteiger partial charge in [-0.25, -0.2) is 0 Å². The number of halogens is 1. The molecule has 0 aromatic heterocycles. The maximum atomic E-state index is 6.15. The van der Waals surface area contributed by atoms with Crippen LogP contribution in [-0.4, -0.2) is 31.8 Å². The van der Waals surface area contributed by atoms with Gasteiger partial charge in [0, 0.05) is 12.1 Å². The minimum absolute atomic E-state index is 0.504. The Bertz CT molecular complexity index is 408. The summed E-state index contributed by atoms with van der Waals surface area (Å²) in [6.07, 6.45) is 2.36. The lowest BCUT2D eigenvalue weighted by molar-refractivity contribution is 0.395. The molecule has 1 aliphatic rings. The third-order valence-electron chi connectivity index (χ3n) is 3.05. The van der Waals surface area contributed by atoms with Crippen molar-refractivity contribution in [1.82, 2.24) is 0 Å². The van der Waals surface area contributed by atoms with Crippen molar-refractivity contribution in [3.8, 4) is 11.5 Å². The molecule has 0 radical (unpaired) electrons. The van der Waals surface area contributed by atoms with Crippen LogP contribution in [0.2, 0.25) is 5.02 Å². The van der Waals surface area contributed by atoms with E-state index < -0.39 is 0 Å². The van der Waals surface area contributed by atoms with E-state index in [1.165, 1.54) is 24.3 Å². The molecule has 1 heterocycles. The molecule has 0 amide bonds. The first-order chi connectivity index (χ1) is 8.74. The summed E-state index contributed by atoms with van der Waals surface area (Å²) in [5.74, 6) is 3.83. The lowest BCUT2D eigenvalue weighted by Gasteiger charge is -2.25. The highest BCUT2D eigenvalue weighted by molar-refractivity contribution is 7.99. The van der Waals surface area contributed by atoms with Gasteiger partial charge in [0.05, 0.1) is 24.9 Å². The van der Waals surface area contributed by atoms with Crippen LogP contribution < -0.4 is 14.8 Å². The second kappa shape index (κ2) is 6.43. The van der Waals surface area contributed by atoms with Crippen LogP contribution in [0.15, 0.2) is 12.1 Å². The quantitative estimate of drug-likeness (QED) is 0.915. The molecule has 3 nitrogen and oxygen atoms in total. The zero-order chi connectivity index (χ0) is 13.0. The molecule has 18 heavy (non-hydrogen) atoms. The minimum Gasteiger partial charge on any atom is -0.495 e. The smallest absolute Gasteiger partial charge is 0.145 e. The van der Waals surface area contributed by atoms with Gasteiger partial charge in [0.1, 0.15) is 11.5 Å². The number of thioether (sulfide) groups is 1. The fourth-order valence-corrected chi connectivity index (χ4v) is 3.38. The van der Waals surface area contributed by atoms with Crippen molar-refractivity contribution in [1.29, 1.82) is 0 Å². The van der Waals surface area contributed by atoms with Crippen molar-refractivity contribution in [2.24, 2.45) is 0 Å². The van der Waals surface area contributed by atoms with E-state index in [4.69, 9.17) is 21.1 Å². The first kappa shape index (κ1) is 13.7. The minimum atomic E-state index is 0.504. The van der Waals surface area contributed by atoms with Crippen LogP contribution in [0.1, 0.15) is 12.8 Å². The predicted molar refractivity (Wildman–Crippen MR) is 78.5 cm³/mol. The van der Waals surface area contributed by atoms with E-state index in [9.17, 15) is 0 Å². The summed E-state index contributed by atoms with van der Waals surface area (Å²) in [5, 5.41) is 4.12. The molecule has 0 aliphatic carbocycles. The average Bonchev–Trinajstić information content (AvgIpc) is 2.40. The molecule has 5 heteroatoms. The van der Waals surface area contributed by atoms with E-state index in [-0.39, 0.29) is 0 Å². The summed E-state index contributed by atoms with van der Waals surface area (Å²) >= 11 is 8.16. The molecule has 1 aromatic rings. The molecule has 1 N–H and O–H groups in total. The van der Waals surface area contributed by atoms with Crippen LogP contribution in [0.3, 0.4) is 0 Å². The monoisotopic (exact) mass is 287 g/mol. The van der Waals surface area contributed by atoms with Crippen molar-refractivity contribution in [2.75, 3.05) is 31.0 Å². The van der Waals surface area contributed by atoms with Crippen molar-refractivity contribution in [2.45, 2.75) is 18.9 Å². The summed E-state index contributed by atoms with van der Waals surface area (Å²) < 4.78 is 10.6. The predicted octanol–water partition coefficient (Wildman–Crippen LogP) is 3.66. The number of anilines is 1. The molecule has 0 unspecified atom stereocenters. The Morgan fingerprint density at radius 1 is 1.17 bits per heavy atom. The zero-order valence-corrected chi connectivity index (χ0v) is 12.2. The maximum absolute atomic E-state index is 6.15. The lowest BCUT2D eigenvalue weighted by Crippen LogP contribution is -2.24. The lowest BCUT2D eigenvalue weighted by atomic mass is 10.1. The van der Waals surface area contributed by atoms with E-state index in [0.29, 0.717) is 16.8 Å². The fraction of sp³-hybridized carbons (Fsp3) is 0.538. The van der Waals surface area contributed by atoms with Gasteiger partial charge in [-0.3, -0.25) is 0 Å². The summed E-state index contributed by atoms with van der Waals surface area (Å²) in [7, 11) is 3.26. The van der Waals surface area contributed by atoms with Gasteiger partial charge < -0.3 is 14.8 Å². The molecule has 0 spiro atoms. The van der Waals surface area contributed by atoms with Gasteiger partial charge in [-0.15, -0.1) is 0 Å². The van der Waals surface area contributed by atoms with Crippen LogP contribution in [0.4, 0.5) is 5.69 Å². The summed E-state index contributed by atoms with van der Waals surface area (Å²) in [6.45, 7) is 0. The Hall–Kier alpha value is -0.740. The molecule has 0 bridgehead atoms. The van der Waals surface area contributed by atoms with Gasteiger partial charge in [0.25, 0.3) is 0 Å². The van der Waals surface area contributed by atoms with Crippen LogP contribution in [0.25, 0.3) is 0 Å². The number of methoxy groups -OCH3 is 2. The number of benzene rings is 1. The van der Waals surface area contributed by atoms with Crippen molar-refractivity contribution >= 4 is 29.1 Å². The Balaban J connectivity index is 2.17. The number of ether oxygens (including phenoxy) is 2. The largest absolute Gasteiger partial charge is 0.495 e. The number of rotatable bonds is 4. The topological polar surface area (TPSA) is 30.5 Å². The molecule has 1 fully saturated rings. The average molecular weight is 288 g/mol. The summed E-state index contributed by atoms with van der Waals surface area (Å²) in [5.41, 5.74) is 0.945. The van der Waals surface area contributed by atoms with Gasteiger partial charge in [0.2, 0.25) is 0 Å². The highest BCUT2D eigenvalue weighted by atomic mass is 35.5. The van der Waals surface area contributed by atoms with E-state index in [1.807, 2.05) is 23.9 Å². The number of nitrogens with one attached hydrogen (secondary N) is 1. The molecule has 100 valence electrons. The fourth-order valence-electron chi connectivity index (χ4n) is 2.03. The molecule has 1 aromatic carbocycles.